The van der Waals surface area contributed by atoms with E-state index < -0.39 is 12.0 Å². The van der Waals surface area contributed by atoms with Gasteiger partial charge in [0.2, 0.25) is 0 Å². The van der Waals surface area contributed by atoms with E-state index in [9.17, 15) is 9.90 Å². The van der Waals surface area contributed by atoms with Crippen LogP contribution >= 0.6 is 15.9 Å². The number of nitrogens with zero attached hydrogens (tertiary/aromatic N) is 1. The highest BCUT2D eigenvalue weighted by Gasteiger charge is 2.22. The number of rotatable bonds is 7. The molecule has 0 saturated heterocycles. The maximum Gasteiger partial charge on any atom is 0.320 e. The Balaban J connectivity index is 3.04. The Morgan fingerprint density at radius 2 is 1.95 bits per heavy atom. The number of aliphatic carboxylic acids is 1. The summed E-state index contributed by atoms with van der Waals surface area (Å²) in [5.74, 6) is 0.570. The van der Waals surface area contributed by atoms with Gasteiger partial charge in [0.15, 0.2) is 0 Å². The summed E-state index contributed by atoms with van der Waals surface area (Å²) in [5, 5.41) is 9.19. The Hall–Kier alpha value is -1.27. The predicted molar refractivity (Wildman–Crippen MR) is 80.4 cm³/mol. The normalized spacial score (nSPS) is 12.3. The first-order valence-corrected chi connectivity index (χ1v) is 7.07. The Bertz CT molecular complexity index is 478. The number of benzene rings is 1. The average molecular weight is 346 g/mol. The SMILES string of the molecule is CCC(C(=O)O)N(C)Cc1cc(OC)c(Br)cc1OC. The van der Waals surface area contributed by atoms with E-state index in [-0.39, 0.29) is 0 Å². The summed E-state index contributed by atoms with van der Waals surface area (Å²) in [6.45, 7) is 2.33. The number of ether oxygens (including phenoxy) is 2. The van der Waals surface area contributed by atoms with Crippen molar-refractivity contribution in [2.24, 2.45) is 0 Å². The average Bonchev–Trinajstić information content (AvgIpc) is 2.40. The fraction of sp³-hybridized carbons (Fsp3) is 0.500. The van der Waals surface area contributed by atoms with Gasteiger partial charge in [0, 0.05) is 12.1 Å². The minimum atomic E-state index is -0.821. The summed E-state index contributed by atoms with van der Waals surface area (Å²) in [7, 11) is 4.97. The van der Waals surface area contributed by atoms with Gasteiger partial charge in [-0.2, -0.15) is 0 Å². The Labute approximate surface area is 127 Å². The second-order valence-corrected chi connectivity index (χ2v) is 5.33. The number of carboxylic acids is 1. The van der Waals surface area contributed by atoms with Crippen LogP contribution in [0.2, 0.25) is 0 Å². The largest absolute Gasteiger partial charge is 0.496 e. The summed E-state index contributed by atoms with van der Waals surface area (Å²) in [5.41, 5.74) is 0.884. The number of methoxy groups -OCH3 is 2. The van der Waals surface area contributed by atoms with Gasteiger partial charge in [-0.05, 0) is 41.5 Å². The smallest absolute Gasteiger partial charge is 0.320 e. The van der Waals surface area contributed by atoms with E-state index in [2.05, 4.69) is 15.9 Å². The lowest BCUT2D eigenvalue weighted by atomic mass is 10.1. The van der Waals surface area contributed by atoms with Crippen molar-refractivity contribution in [2.45, 2.75) is 25.9 Å². The second kappa shape index (κ2) is 7.50. The first kappa shape index (κ1) is 16.8. The zero-order valence-corrected chi connectivity index (χ0v) is 13.7. The highest BCUT2D eigenvalue weighted by Crippen LogP contribution is 2.33. The van der Waals surface area contributed by atoms with Crippen LogP contribution < -0.4 is 9.47 Å². The molecular formula is C14H20BrNO4. The predicted octanol–water partition coefficient (Wildman–Crippen LogP) is 2.76. The highest BCUT2D eigenvalue weighted by molar-refractivity contribution is 9.10. The second-order valence-electron chi connectivity index (χ2n) is 4.48. The molecule has 1 atom stereocenters. The van der Waals surface area contributed by atoms with Gasteiger partial charge in [-0.15, -0.1) is 0 Å². The van der Waals surface area contributed by atoms with Crippen molar-refractivity contribution in [3.05, 3.63) is 22.2 Å². The van der Waals surface area contributed by atoms with Gasteiger partial charge in [-0.25, -0.2) is 0 Å². The van der Waals surface area contributed by atoms with Crippen LogP contribution in [0.15, 0.2) is 16.6 Å². The van der Waals surface area contributed by atoms with Crippen molar-refractivity contribution in [1.82, 2.24) is 4.90 Å². The third-order valence-corrected chi connectivity index (χ3v) is 3.80. The van der Waals surface area contributed by atoms with Gasteiger partial charge in [-0.1, -0.05) is 6.92 Å². The number of halogens is 1. The molecule has 0 spiro atoms. The molecule has 6 heteroatoms. The van der Waals surface area contributed by atoms with E-state index in [1.54, 1.807) is 26.2 Å². The van der Waals surface area contributed by atoms with Crippen LogP contribution in [0.4, 0.5) is 0 Å². The lowest BCUT2D eigenvalue weighted by Crippen LogP contribution is -2.37. The van der Waals surface area contributed by atoms with Gasteiger partial charge in [0.25, 0.3) is 0 Å². The van der Waals surface area contributed by atoms with E-state index in [1.165, 1.54) is 0 Å². The minimum Gasteiger partial charge on any atom is -0.496 e. The van der Waals surface area contributed by atoms with Crippen molar-refractivity contribution in [3.63, 3.8) is 0 Å². The standard InChI is InChI=1S/C14H20BrNO4/c1-5-11(14(17)18)16(2)8-9-6-13(20-4)10(15)7-12(9)19-3/h6-7,11H,5,8H2,1-4H3,(H,17,18). The lowest BCUT2D eigenvalue weighted by Gasteiger charge is -2.24. The van der Waals surface area contributed by atoms with E-state index in [4.69, 9.17) is 9.47 Å². The van der Waals surface area contributed by atoms with E-state index in [1.807, 2.05) is 19.1 Å². The molecule has 1 N–H and O–H groups in total. The third-order valence-electron chi connectivity index (χ3n) is 3.18. The molecule has 0 bridgehead atoms. The molecule has 1 unspecified atom stereocenters. The van der Waals surface area contributed by atoms with Crippen LogP contribution in [0.3, 0.4) is 0 Å². The quantitative estimate of drug-likeness (QED) is 0.823. The Morgan fingerprint density at radius 3 is 2.40 bits per heavy atom. The van der Waals surface area contributed by atoms with Gasteiger partial charge < -0.3 is 14.6 Å². The van der Waals surface area contributed by atoms with E-state index >= 15 is 0 Å². The monoisotopic (exact) mass is 345 g/mol. The van der Waals surface area contributed by atoms with Crippen LogP contribution in [0.1, 0.15) is 18.9 Å². The molecule has 1 rings (SSSR count). The molecule has 0 saturated carbocycles. The molecule has 1 aromatic carbocycles. The summed E-state index contributed by atoms with van der Waals surface area (Å²) in [6.07, 6.45) is 0.543. The molecule has 112 valence electrons. The molecule has 0 aliphatic carbocycles. The number of carbonyl (C=O) groups is 1. The van der Waals surface area contributed by atoms with E-state index in [0.717, 1.165) is 10.0 Å². The van der Waals surface area contributed by atoms with Crippen LogP contribution in [-0.2, 0) is 11.3 Å². The molecule has 1 aromatic rings. The molecule has 0 heterocycles. The van der Waals surface area contributed by atoms with Crippen LogP contribution in [0.5, 0.6) is 11.5 Å². The first-order chi connectivity index (χ1) is 9.44. The van der Waals surface area contributed by atoms with Crippen LogP contribution in [-0.4, -0.2) is 43.3 Å². The fourth-order valence-electron chi connectivity index (χ4n) is 2.10. The molecule has 0 aromatic heterocycles. The molecule has 0 aliphatic rings. The van der Waals surface area contributed by atoms with Gasteiger partial charge in [0.05, 0.1) is 18.7 Å². The molecule has 0 amide bonds. The molecular weight excluding hydrogens is 326 g/mol. The number of hydrogen-bond donors (Lipinski definition) is 1. The van der Waals surface area contributed by atoms with Crippen molar-refractivity contribution < 1.29 is 19.4 Å². The van der Waals surface area contributed by atoms with Crippen LogP contribution in [0.25, 0.3) is 0 Å². The van der Waals surface area contributed by atoms with Crippen molar-refractivity contribution in [3.8, 4) is 11.5 Å². The minimum absolute atomic E-state index is 0.470. The summed E-state index contributed by atoms with van der Waals surface area (Å²) in [4.78, 5) is 13.0. The molecule has 0 radical (unpaired) electrons. The fourth-order valence-corrected chi connectivity index (χ4v) is 2.59. The molecule has 0 aliphatic heterocycles. The Kier molecular flexibility index (Phi) is 6.29. The molecule has 5 nitrogen and oxygen atoms in total. The topological polar surface area (TPSA) is 59.0 Å². The lowest BCUT2D eigenvalue weighted by molar-refractivity contribution is -0.143. The van der Waals surface area contributed by atoms with Gasteiger partial charge in [0.1, 0.15) is 17.5 Å². The van der Waals surface area contributed by atoms with Gasteiger partial charge >= 0.3 is 5.97 Å². The number of likely N-dealkylation sites (N-methyl/N-ethyl adjacent to an activating group) is 1. The summed E-state index contributed by atoms with van der Waals surface area (Å²) < 4.78 is 11.4. The van der Waals surface area contributed by atoms with E-state index in [0.29, 0.717) is 24.5 Å². The first-order valence-electron chi connectivity index (χ1n) is 6.28. The summed E-state index contributed by atoms with van der Waals surface area (Å²) >= 11 is 3.40. The molecule has 0 fully saturated rings. The van der Waals surface area contributed by atoms with Gasteiger partial charge in [-0.3, -0.25) is 9.69 Å². The molecule has 20 heavy (non-hydrogen) atoms. The number of carboxylic acid groups (broad SMARTS) is 1. The Morgan fingerprint density at radius 1 is 1.35 bits per heavy atom. The maximum atomic E-state index is 11.2. The zero-order chi connectivity index (χ0) is 15.3. The summed E-state index contributed by atoms with van der Waals surface area (Å²) in [6, 6.07) is 3.16. The highest BCUT2D eigenvalue weighted by atomic mass is 79.9. The van der Waals surface area contributed by atoms with Crippen molar-refractivity contribution >= 4 is 21.9 Å². The maximum absolute atomic E-state index is 11.2. The van der Waals surface area contributed by atoms with Crippen molar-refractivity contribution in [2.75, 3.05) is 21.3 Å². The number of hydrogen-bond acceptors (Lipinski definition) is 4. The van der Waals surface area contributed by atoms with Crippen molar-refractivity contribution in [1.29, 1.82) is 0 Å². The van der Waals surface area contributed by atoms with Crippen LogP contribution in [0, 0.1) is 0 Å². The zero-order valence-electron chi connectivity index (χ0n) is 12.1. The third kappa shape index (κ3) is 3.86.